The van der Waals surface area contributed by atoms with Gasteiger partial charge in [0.05, 0.1) is 5.41 Å². The summed E-state index contributed by atoms with van der Waals surface area (Å²) in [6.07, 6.45) is 11.8. The Balaban J connectivity index is 2.23. The number of hydrogen-bond acceptors (Lipinski definition) is 0. The second-order valence-electron chi connectivity index (χ2n) is 4.33. The number of rotatable bonds is 0. The first-order chi connectivity index (χ1) is 5.75. The van der Waals surface area contributed by atoms with Gasteiger partial charge in [-0.05, 0) is 12.8 Å². The molecule has 0 aromatic rings. The van der Waals surface area contributed by atoms with Crippen LogP contribution in [0.5, 0.6) is 0 Å². The van der Waals surface area contributed by atoms with Gasteiger partial charge in [0.15, 0.2) is 5.71 Å². The van der Waals surface area contributed by atoms with E-state index in [4.69, 9.17) is 0 Å². The average Bonchev–Trinajstić information content (AvgIpc) is 2.03. The van der Waals surface area contributed by atoms with Crippen LogP contribution in [0.3, 0.4) is 0 Å². The van der Waals surface area contributed by atoms with Crippen molar-refractivity contribution in [2.45, 2.75) is 32.1 Å². The van der Waals surface area contributed by atoms with Crippen LogP contribution in [0, 0.1) is 5.41 Å². The number of hydrogen-bond donors (Lipinski definition) is 0. The van der Waals surface area contributed by atoms with Crippen molar-refractivity contribution in [3.63, 3.8) is 0 Å². The van der Waals surface area contributed by atoms with Gasteiger partial charge in [-0.25, -0.2) is 4.58 Å². The lowest BCUT2D eigenvalue weighted by atomic mass is 9.64. The molecular formula is C11H18N+. The molecule has 1 heteroatoms. The van der Waals surface area contributed by atoms with E-state index in [2.05, 4.69) is 30.8 Å². The molecule has 1 spiro atoms. The first-order valence-electron chi connectivity index (χ1n) is 4.99. The Morgan fingerprint density at radius 3 is 2.25 bits per heavy atom. The number of allylic oxidation sites excluding steroid dienone is 2. The van der Waals surface area contributed by atoms with Crippen LogP contribution in [0.4, 0.5) is 0 Å². The molecule has 0 bridgehead atoms. The summed E-state index contributed by atoms with van der Waals surface area (Å²) in [5.41, 5.74) is 2.06. The average molecular weight is 164 g/mol. The van der Waals surface area contributed by atoms with Gasteiger partial charge in [0.1, 0.15) is 14.1 Å². The van der Waals surface area contributed by atoms with Gasteiger partial charge in [-0.15, -0.1) is 0 Å². The minimum atomic E-state index is 0.502. The monoisotopic (exact) mass is 164 g/mol. The second kappa shape index (κ2) is 2.72. The summed E-state index contributed by atoms with van der Waals surface area (Å²) in [6, 6.07) is 0. The van der Waals surface area contributed by atoms with Crippen LogP contribution in [0.15, 0.2) is 12.2 Å². The molecule has 0 aromatic carbocycles. The molecule has 66 valence electrons. The Morgan fingerprint density at radius 2 is 1.83 bits per heavy atom. The van der Waals surface area contributed by atoms with Crippen molar-refractivity contribution in [2.24, 2.45) is 5.41 Å². The van der Waals surface area contributed by atoms with Crippen molar-refractivity contribution in [3.8, 4) is 0 Å². The van der Waals surface area contributed by atoms with E-state index in [1.165, 1.54) is 32.1 Å². The predicted molar refractivity (Wildman–Crippen MR) is 51.8 cm³/mol. The maximum atomic E-state index is 2.42. The van der Waals surface area contributed by atoms with Crippen LogP contribution in [0.1, 0.15) is 32.1 Å². The van der Waals surface area contributed by atoms with Crippen LogP contribution in [-0.2, 0) is 0 Å². The summed E-state index contributed by atoms with van der Waals surface area (Å²) in [5.74, 6) is 0. The van der Waals surface area contributed by atoms with Crippen LogP contribution < -0.4 is 0 Å². The van der Waals surface area contributed by atoms with E-state index in [-0.39, 0.29) is 0 Å². The van der Waals surface area contributed by atoms with Crippen molar-refractivity contribution in [1.29, 1.82) is 0 Å². The summed E-state index contributed by atoms with van der Waals surface area (Å²) in [7, 11) is 4.32. The fourth-order valence-electron chi connectivity index (χ4n) is 2.59. The minimum Gasteiger partial charge on any atom is -0.238 e. The third-order valence-electron chi connectivity index (χ3n) is 3.30. The lowest BCUT2D eigenvalue weighted by Crippen LogP contribution is -2.41. The molecule has 2 aliphatic rings. The maximum Gasteiger partial charge on any atom is 0.185 e. The van der Waals surface area contributed by atoms with E-state index >= 15 is 0 Å². The highest BCUT2D eigenvalue weighted by Crippen LogP contribution is 2.43. The number of nitrogens with zero attached hydrogens (tertiary/aromatic N) is 1. The third kappa shape index (κ3) is 1.03. The van der Waals surface area contributed by atoms with Crippen LogP contribution in [-0.4, -0.2) is 24.4 Å². The lowest BCUT2D eigenvalue weighted by molar-refractivity contribution is -0.468. The zero-order valence-corrected chi connectivity index (χ0v) is 8.14. The molecule has 0 N–H and O–H groups in total. The molecule has 1 saturated carbocycles. The Morgan fingerprint density at radius 1 is 1.17 bits per heavy atom. The van der Waals surface area contributed by atoms with Crippen LogP contribution in [0.2, 0.25) is 0 Å². The van der Waals surface area contributed by atoms with Crippen LogP contribution in [0.25, 0.3) is 0 Å². The lowest BCUT2D eigenvalue weighted by Gasteiger charge is -2.37. The molecule has 0 unspecified atom stereocenters. The van der Waals surface area contributed by atoms with Gasteiger partial charge in [-0.1, -0.05) is 25.3 Å². The minimum absolute atomic E-state index is 0.502. The van der Waals surface area contributed by atoms with E-state index in [1.807, 2.05) is 0 Å². The molecule has 0 saturated heterocycles. The molecule has 0 heterocycles. The van der Waals surface area contributed by atoms with Gasteiger partial charge in [0, 0.05) is 6.08 Å². The summed E-state index contributed by atoms with van der Waals surface area (Å²) in [6.45, 7) is 0. The van der Waals surface area contributed by atoms with Crippen molar-refractivity contribution < 1.29 is 4.58 Å². The van der Waals surface area contributed by atoms with Gasteiger partial charge in [0.2, 0.25) is 0 Å². The molecule has 0 aromatic heterocycles. The standard InChI is InChI=1S/C11H18N/c1-12(2)10-6-9-11(10)7-4-3-5-8-11/h6,9H,3-5,7-8H2,1-2H3/q+1. The third-order valence-corrected chi connectivity index (χ3v) is 3.30. The Labute approximate surface area is 74.8 Å². The molecule has 0 radical (unpaired) electrons. The molecule has 0 amide bonds. The first kappa shape index (κ1) is 8.03. The van der Waals surface area contributed by atoms with Gasteiger partial charge in [-0.2, -0.15) is 0 Å². The van der Waals surface area contributed by atoms with Crippen molar-refractivity contribution in [2.75, 3.05) is 14.1 Å². The predicted octanol–water partition coefficient (Wildman–Crippen LogP) is 2.22. The molecule has 0 aliphatic heterocycles. The van der Waals surface area contributed by atoms with E-state index in [0.717, 1.165) is 0 Å². The van der Waals surface area contributed by atoms with Gasteiger partial charge < -0.3 is 0 Å². The van der Waals surface area contributed by atoms with E-state index in [9.17, 15) is 0 Å². The summed E-state index contributed by atoms with van der Waals surface area (Å²) in [4.78, 5) is 0. The van der Waals surface area contributed by atoms with Gasteiger partial charge in [-0.3, -0.25) is 0 Å². The summed E-state index contributed by atoms with van der Waals surface area (Å²) < 4.78 is 2.28. The molecule has 0 atom stereocenters. The zero-order valence-electron chi connectivity index (χ0n) is 8.14. The molecule has 1 fully saturated rings. The smallest absolute Gasteiger partial charge is 0.185 e. The fraction of sp³-hybridized carbons (Fsp3) is 0.727. The highest BCUT2D eigenvalue weighted by molar-refractivity contribution is 6.03. The van der Waals surface area contributed by atoms with Crippen molar-refractivity contribution >= 4 is 5.71 Å². The van der Waals surface area contributed by atoms with Crippen molar-refractivity contribution in [3.05, 3.63) is 12.2 Å². The Kier molecular flexibility index (Phi) is 1.82. The zero-order chi connectivity index (χ0) is 8.60. The maximum absolute atomic E-state index is 2.42. The van der Waals surface area contributed by atoms with Gasteiger partial charge >= 0.3 is 0 Å². The largest absolute Gasteiger partial charge is 0.238 e. The molecule has 2 aliphatic carbocycles. The van der Waals surface area contributed by atoms with Crippen molar-refractivity contribution in [1.82, 2.24) is 0 Å². The van der Waals surface area contributed by atoms with Gasteiger partial charge in [0.25, 0.3) is 0 Å². The van der Waals surface area contributed by atoms with E-state index in [1.54, 1.807) is 5.71 Å². The van der Waals surface area contributed by atoms with E-state index < -0.39 is 0 Å². The summed E-state index contributed by atoms with van der Waals surface area (Å²) in [5, 5.41) is 0. The highest BCUT2D eigenvalue weighted by atomic mass is 15.0. The summed E-state index contributed by atoms with van der Waals surface area (Å²) >= 11 is 0. The molecule has 2 rings (SSSR count). The highest BCUT2D eigenvalue weighted by Gasteiger charge is 2.43. The SMILES string of the molecule is C[N+](C)=C1C=CC12CCCCC2. The topological polar surface area (TPSA) is 3.01 Å². The van der Waals surface area contributed by atoms with E-state index in [0.29, 0.717) is 5.41 Å². The Bertz CT molecular complexity index is 238. The quantitative estimate of drug-likeness (QED) is 0.483. The second-order valence-corrected chi connectivity index (χ2v) is 4.33. The fourth-order valence-corrected chi connectivity index (χ4v) is 2.59. The normalized spacial score (nSPS) is 25.7. The molecule has 1 nitrogen and oxygen atoms in total. The Hall–Kier alpha value is -0.590. The van der Waals surface area contributed by atoms with Crippen LogP contribution >= 0.6 is 0 Å². The first-order valence-corrected chi connectivity index (χ1v) is 4.99. The molecular weight excluding hydrogens is 146 g/mol. The molecule has 12 heavy (non-hydrogen) atoms.